The number of carbonyl (C=O) groups is 1. The highest BCUT2D eigenvalue weighted by Crippen LogP contribution is 2.20. The normalized spacial score (nSPS) is 11.6. The SMILES string of the molecule is CCOC(=O)Cn1c2ccccc2c(=O)n(CCCl)[p+]1=O. The van der Waals surface area contributed by atoms with Crippen molar-refractivity contribution in [3.05, 3.63) is 34.6 Å². The lowest BCUT2D eigenvalue weighted by Gasteiger charge is -2.05. The summed E-state index contributed by atoms with van der Waals surface area (Å²) in [6, 6.07) is 6.75. The van der Waals surface area contributed by atoms with Crippen LogP contribution in [0.25, 0.3) is 10.9 Å². The van der Waals surface area contributed by atoms with Gasteiger partial charge in [0.25, 0.3) is 5.56 Å². The van der Waals surface area contributed by atoms with Crippen molar-refractivity contribution < 1.29 is 14.1 Å². The molecule has 8 heteroatoms. The summed E-state index contributed by atoms with van der Waals surface area (Å²) in [4.78, 5) is 24.0. The summed E-state index contributed by atoms with van der Waals surface area (Å²) in [6.07, 6.45) is 0. The monoisotopic (exact) mass is 329 g/mol. The molecule has 112 valence electrons. The van der Waals surface area contributed by atoms with Crippen LogP contribution in [0, 0.1) is 0 Å². The number of esters is 1. The van der Waals surface area contributed by atoms with E-state index < -0.39 is 13.7 Å². The molecule has 2 aromatic rings. The molecule has 1 heterocycles. The van der Waals surface area contributed by atoms with Crippen LogP contribution in [-0.2, 0) is 27.2 Å². The Balaban J connectivity index is 2.70. The molecule has 0 saturated heterocycles. The Morgan fingerprint density at radius 2 is 2.05 bits per heavy atom. The summed E-state index contributed by atoms with van der Waals surface area (Å²) in [5.74, 6) is -0.321. The lowest BCUT2D eigenvalue weighted by atomic mass is 10.2. The van der Waals surface area contributed by atoms with E-state index in [1.165, 1.54) is 8.66 Å². The van der Waals surface area contributed by atoms with Crippen molar-refractivity contribution in [3.8, 4) is 0 Å². The number of alkyl halides is 1. The molecule has 1 unspecified atom stereocenters. The van der Waals surface area contributed by atoms with Gasteiger partial charge in [0.15, 0.2) is 6.54 Å². The number of ether oxygens (including phenoxy) is 1. The Labute approximate surface area is 126 Å². The number of hydrogen-bond acceptors (Lipinski definition) is 4. The van der Waals surface area contributed by atoms with Gasteiger partial charge in [-0.2, -0.15) is 0 Å². The maximum absolute atomic E-state index is 12.5. The standard InChI is InChI=1S/C13H15ClN2O4P/c1-2-20-12(17)9-16-11-6-4-3-5-10(11)13(18)15(8-7-14)21(16)19/h3-6H,2,7-9H2,1H3/q+1. The molecule has 0 spiro atoms. The van der Waals surface area contributed by atoms with Crippen LogP contribution in [0.2, 0.25) is 0 Å². The molecule has 0 bridgehead atoms. The Morgan fingerprint density at radius 1 is 1.33 bits per heavy atom. The van der Waals surface area contributed by atoms with Crippen molar-refractivity contribution in [2.75, 3.05) is 12.5 Å². The van der Waals surface area contributed by atoms with Crippen molar-refractivity contribution in [1.29, 1.82) is 0 Å². The Kier molecular flexibility index (Phi) is 5.15. The van der Waals surface area contributed by atoms with Gasteiger partial charge in [-0.15, -0.1) is 20.3 Å². The fourth-order valence-electron chi connectivity index (χ4n) is 2.06. The molecule has 0 radical (unpaired) electrons. The van der Waals surface area contributed by atoms with Gasteiger partial charge in [-0.25, -0.2) is 4.79 Å². The van der Waals surface area contributed by atoms with Gasteiger partial charge in [0.2, 0.25) is 0 Å². The summed E-state index contributed by atoms with van der Waals surface area (Å²) < 4.78 is 20.0. The van der Waals surface area contributed by atoms with Crippen molar-refractivity contribution in [2.24, 2.45) is 0 Å². The van der Waals surface area contributed by atoms with Crippen molar-refractivity contribution >= 4 is 36.2 Å². The average Bonchev–Trinajstić information content (AvgIpc) is 2.48. The molecule has 1 aromatic carbocycles. The van der Waals surface area contributed by atoms with Crippen molar-refractivity contribution in [3.63, 3.8) is 0 Å². The predicted molar refractivity (Wildman–Crippen MR) is 81.2 cm³/mol. The largest absolute Gasteiger partial charge is 0.599 e. The second-order valence-corrected chi connectivity index (χ2v) is 6.10. The third-order valence-corrected chi connectivity index (χ3v) is 4.67. The highest BCUT2D eigenvalue weighted by atomic mass is 35.5. The maximum Gasteiger partial charge on any atom is 0.599 e. The minimum Gasteiger partial charge on any atom is -0.465 e. The van der Waals surface area contributed by atoms with Gasteiger partial charge in [-0.1, -0.05) is 12.1 Å². The number of halogens is 1. The highest BCUT2D eigenvalue weighted by molar-refractivity contribution is 7.29. The van der Waals surface area contributed by atoms with E-state index in [9.17, 15) is 14.2 Å². The Morgan fingerprint density at radius 3 is 2.71 bits per heavy atom. The third kappa shape index (κ3) is 3.17. The van der Waals surface area contributed by atoms with Crippen molar-refractivity contribution in [1.82, 2.24) is 8.66 Å². The van der Waals surface area contributed by atoms with E-state index in [2.05, 4.69) is 0 Å². The lowest BCUT2D eigenvalue weighted by molar-refractivity contribution is -0.143. The van der Waals surface area contributed by atoms with E-state index in [4.69, 9.17) is 16.3 Å². The summed E-state index contributed by atoms with van der Waals surface area (Å²) in [5, 5.41) is 0.404. The van der Waals surface area contributed by atoms with Gasteiger partial charge in [-0.05, 0) is 23.6 Å². The first-order chi connectivity index (χ1) is 10.1. The molecule has 0 fully saturated rings. The van der Waals surface area contributed by atoms with E-state index >= 15 is 0 Å². The van der Waals surface area contributed by atoms with Crippen LogP contribution >= 0.6 is 19.3 Å². The minimum atomic E-state index is -2.21. The lowest BCUT2D eigenvalue weighted by Crippen LogP contribution is -2.23. The van der Waals surface area contributed by atoms with Gasteiger partial charge in [0.1, 0.15) is 0 Å². The van der Waals surface area contributed by atoms with Crippen LogP contribution in [0.5, 0.6) is 0 Å². The molecule has 0 saturated carbocycles. The van der Waals surface area contributed by atoms with Gasteiger partial charge in [0.05, 0.1) is 24.1 Å². The first-order valence-corrected chi connectivity index (χ1v) is 8.17. The fourth-order valence-corrected chi connectivity index (χ4v) is 3.74. The van der Waals surface area contributed by atoms with Crippen molar-refractivity contribution in [2.45, 2.75) is 20.0 Å². The first kappa shape index (κ1) is 15.7. The zero-order valence-corrected chi connectivity index (χ0v) is 13.1. The van der Waals surface area contributed by atoms with E-state index in [-0.39, 0.29) is 31.1 Å². The molecule has 2 rings (SSSR count). The number of nitrogens with zero attached hydrogens (tertiary/aromatic N) is 2. The Hall–Kier alpha value is -1.65. The second-order valence-electron chi connectivity index (χ2n) is 4.25. The van der Waals surface area contributed by atoms with Crippen LogP contribution in [-0.4, -0.2) is 27.1 Å². The zero-order valence-electron chi connectivity index (χ0n) is 11.5. The van der Waals surface area contributed by atoms with Gasteiger partial charge in [-0.3, -0.25) is 4.79 Å². The maximum atomic E-state index is 12.5. The molecule has 0 amide bonds. The van der Waals surface area contributed by atoms with Gasteiger partial charge in [0, 0.05) is 5.88 Å². The molecule has 0 aliphatic carbocycles. The summed E-state index contributed by atoms with van der Waals surface area (Å²) >= 11 is 5.66. The fraction of sp³-hybridized carbons (Fsp3) is 0.385. The van der Waals surface area contributed by atoms with Crippen LogP contribution < -0.4 is 5.56 Å². The van der Waals surface area contributed by atoms with E-state index in [0.29, 0.717) is 10.9 Å². The molecule has 6 nitrogen and oxygen atoms in total. The molecule has 1 atom stereocenters. The predicted octanol–water partition coefficient (Wildman–Crippen LogP) is 2.35. The molecule has 0 aliphatic heterocycles. The second kappa shape index (κ2) is 6.87. The van der Waals surface area contributed by atoms with Crippen LogP contribution in [0.15, 0.2) is 29.1 Å². The van der Waals surface area contributed by atoms with Crippen LogP contribution in [0.1, 0.15) is 6.92 Å². The number of benzene rings is 1. The first-order valence-electron chi connectivity index (χ1n) is 6.47. The molecule has 21 heavy (non-hydrogen) atoms. The topological polar surface area (TPSA) is 70.3 Å². The number of carbonyl (C=O) groups excluding carboxylic acids is 1. The summed E-state index contributed by atoms with van der Waals surface area (Å²) in [5.41, 5.74) is 0.134. The van der Waals surface area contributed by atoms with Crippen LogP contribution in [0.3, 0.4) is 0 Å². The Bertz CT molecular complexity index is 784. The number of hydrogen-bond donors (Lipinski definition) is 0. The summed E-state index contributed by atoms with van der Waals surface area (Å²) in [6.45, 7) is 1.93. The average molecular weight is 330 g/mol. The minimum absolute atomic E-state index is 0.156. The van der Waals surface area contributed by atoms with Gasteiger partial charge < -0.3 is 4.74 Å². The highest BCUT2D eigenvalue weighted by Gasteiger charge is 2.24. The third-order valence-electron chi connectivity index (χ3n) is 2.94. The summed E-state index contributed by atoms with van der Waals surface area (Å²) in [7, 11) is -2.21. The van der Waals surface area contributed by atoms with E-state index in [0.717, 1.165) is 0 Å². The number of rotatable bonds is 5. The molecular weight excluding hydrogens is 315 g/mol. The molecule has 0 N–H and O–H groups in total. The quantitative estimate of drug-likeness (QED) is 0.623. The number of aromatic nitrogens is 2. The number of para-hydroxylation sites is 1. The van der Waals surface area contributed by atoms with Crippen LogP contribution in [0.4, 0.5) is 0 Å². The van der Waals surface area contributed by atoms with Gasteiger partial charge >= 0.3 is 13.7 Å². The smallest absolute Gasteiger partial charge is 0.465 e. The molecular formula is C13H15ClN2O4P+. The number of fused-ring (bicyclic) bond motifs is 1. The van der Waals surface area contributed by atoms with E-state index in [1.54, 1.807) is 31.2 Å². The van der Waals surface area contributed by atoms with E-state index in [1.807, 2.05) is 0 Å². The molecule has 0 aliphatic rings. The molecule has 1 aromatic heterocycles. The zero-order chi connectivity index (χ0) is 15.4.